The SMILES string of the molecule is CC1CNCCC1C(=O)N1CCCC(C)(C)C1. The largest absolute Gasteiger partial charge is 0.342 e. The van der Waals surface area contributed by atoms with Crippen molar-refractivity contribution in [2.45, 2.75) is 40.0 Å². The monoisotopic (exact) mass is 238 g/mol. The van der Waals surface area contributed by atoms with Crippen molar-refractivity contribution in [3.63, 3.8) is 0 Å². The Hall–Kier alpha value is -0.570. The fraction of sp³-hybridized carbons (Fsp3) is 0.929. The summed E-state index contributed by atoms with van der Waals surface area (Å²) in [7, 11) is 0. The molecule has 0 bridgehead atoms. The van der Waals surface area contributed by atoms with Crippen molar-refractivity contribution in [1.82, 2.24) is 10.2 Å². The van der Waals surface area contributed by atoms with Gasteiger partial charge in [0, 0.05) is 19.0 Å². The Morgan fingerprint density at radius 2 is 2.18 bits per heavy atom. The van der Waals surface area contributed by atoms with Gasteiger partial charge in [-0.3, -0.25) is 4.79 Å². The van der Waals surface area contributed by atoms with Gasteiger partial charge >= 0.3 is 0 Å². The van der Waals surface area contributed by atoms with Gasteiger partial charge in [0.25, 0.3) is 0 Å². The summed E-state index contributed by atoms with van der Waals surface area (Å²) in [5, 5.41) is 3.37. The first-order valence-corrected chi connectivity index (χ1v) is 6.99. The van der Waals surface area contributed by atoms with Gasteiger partial charge in [-0.25, -0.2) is 0 Å². The lowest BCUT2D eigenvalue weighted by atomic mass is 9.81. The highest BCUT2D eigenvalue weighted by Gasteiger charge is 2.35. The van der Waals surface area contributed by atoms with Crippen molar-refractivity contribution in [1.29, 1.82) is 0 Å². The second-order valence-electron chi connectivity index (χ2n) is 6.60. The number of hydrogen-bond acceptors (Lipinski definition) is 2. The molecule has 98 valence electrons. The first-order valence-electron chi connectivity index (χ1n) is 6.99. The highest BCUT2D eigenvalue weighted by atomic mass is 16.2. The number of carbonyl (C=O) groups is 1. The zero-order valence-electron chi connectivity index (χ0n) is 11.5. The highest BCUT2D eigenvalue weighted by molar-refractivity contribution is 5.79. The van der Waals surface area contributed by atoms with Gasteiger partial charge in [-0.1, -0.05) is 20.8 Å². The molecule has 0 aromatic carbocycles. The van der Waals surface area contributed by atoms with Gasteiger partial charge in [0.15, 0.2) is 0 Å². The maximum atomic E-state index is 12.5. The van der Waals surface area contributed by atoms with Gasteiger partial charge in [0.2, 0.25) is 5.91 Å². The first-order chi connectivity index (χ1) is 7.99. The number of carbonyl (C=O) groups excluding carboxylic acids is 1. The van der Waals surface area contributed by atoms with E-state index in [0.29, 0.717) is 17.2 Å². The summed E-state index contributed by atoms with van der Waals surface area (Å²) >= 11 is 0. The molecule has 0 aromatic heterocycles. The van der Waals surface area contributed by atoms with Crippen LogP contribution in [0, 0.1) is 17.3 Å². The highest BCUT2D eigenvalue weighted by Crippen LogP contribution is 2.31. The number of hydrogen-bond donors (Lipinski definition) is 1. The standard InChI is InChI=1S/C14H26N2O/c1-11-9-15-7-5-12(11)13(17)16-8-4-6-14(2,3)10-16/h11-12,15H,4-10H2,1-3H3. The fourth-order valence-corrected chi connectivity index (χ4v) is 3.23. The van der Waals surface area contributed by atoms with E-state index in [4.69, 9.17) is 0 Å². The van der Waals surface area contributed by atoms with Crippen LogP contribution < -0.4 is 5.32 Å². The molecule has 3 heteroatoms. The van der Waals surface area contributed by atoms with Crippen LogP contribution in [0.2, 0.25) is 0 Å². The lowest BCUT2D eigenvalue weighted by molar-refractivity contribution is -0.141. The van der Waals surface area contributed by atoms with Gasteiger partial charge in [-0.2, -0.15) is 0 Å². The van der Waals surface area contributed by atoms with E-state index in [1.54, 1.807) is 0 Å². The van der Waals surface area contributed by atoms with Crippen molar-refractivity contribution in [3.05, 3.63) is 0 Å². The second kappa shape index (κ2) is 4.97. The van der Waals surface area contributed by atoms with Crippen LogP contribution in [0.4, 0.5) is 0 Å². The fourth-order valence-electron chi connectivity index (χ4n) is 3.23. The summed E-state index contributed by atoms with van der Waals surface area (Å²) in [6, 6.07) is 0. The van der Waals surface area contributed by atoms with E-state index in [-0.39, 0.29) is 5.92 Å². The molecule has 2 fully saturated rings. The van der Waals surface area contributed by atoms with Gasteiger partial charge < -0.3 is 10.2 Å². The van der Waals surface area contributed by atoms with E-state index in [0.717, 1.165) is 39.0 Å². The maximum absolute atomic E-state index is 12.5. The van der Waals surface area contributed by atoms with E-state index in [2.05, 4.69) is 31.0 Å². The third kappa shape index (κ3) is 3.01. The lowest BCUT2D eigenvalue weighted by Crippen LogP contribution is -2.50. The molecule has 2 atom stereocenters. The predicted molar refractivity (Wildman–Crippen MR) is 69.7 cm³/mol. The third-order valence-electron chi connectivity index (χ3n) is 4.31. The van der Waals surface area contributed by atoms with E-state index in [9.17, 15) is 4.79 Å². The quantitative estimate of drug-likeness (QED) is 0.756. The van der Waals surface area contributed by atoms with Crippen LogP contribution in [0.1, 0.15) is 40.0 Å². The lowest BCUT2D eigenvalue weighted by Gasteiger charge is -2.41. The second-order valence-corrected chi connectivity index (χ2v) is 6.60. The Balaban J connectivity index is 1.99. The van der Waals surface area contributed by atoms with Gasteiger partial charge in [-0.15, -0.1) is 0 Å². The molecule has 0 radical (unpaired) electrons. The third-order valence-corrected chi connectivity index (χ3v) is 4.31. The van der Waals surface area contributed by atoms with Gasteiger partial charge in [0.05, 0.1) is 0 Å². The molecule has 1 amide bonds. The topological polar surface area (TPSA) is 32.3 Å². The predicted octanol–water partition coefficient (Wildman–Crippen LogP) is 1.88. The van der Waals surface area contributed by atoms with Crippen LogP contribution in [-0.4, -0.2) is 37.0 Å². The molecule has 2 saturated heterocycles. The average molecular weight is 238 g/mol. The van der Waals surface area contributed by atoms with Crippen LogP contribution in [0.15, 0.2) is 0 Å². The molecular formula is C14H26N2O. The van der Waals surface area contributed by atoms with Crippen molar-refractivity contribution in [2.75, 3.05) is 26.2 Å². The van der Waals surface area contributed by atoms with E-state index >= 15 is 0 Å². The minimum Gasteiger partial charge on any atom is -0.342 e. The Bertz CT molecular complexity index is 288. The van der Waals surface area contributed by atoms with Crippen molar-refractivity contribution >= 4 is 5.91 Å². The van der Waals surface area contributed by atoms with Crippen molar-refractivity contribution in [2.24, 2.45) is 17.3 Å². The first kappa shape index (κ1) is 12.9. The summed E-state index contributed by atoms with van der Waals surface area (Å²) in [4.78, 5) is 14.7. The molecule has 2 heterocycles. The number of rotatable bonds is 1. The Morgan fingerprint density at radius 1 is 1.41 bits per heavy atom. The molecule has 3 nitrogen and oxygen atoms in total. The van der Waals surface area contributed by atoms with Gasteiger partial charge in [0.1, 0.15) is 0 Å². The zero-order chi connectivity index (χ0) is 12.5. The number of likely N-dealkylation sites (tertiary alicyclic amines) is 1. The Morgan fingerprint density at radius 3 is 2.82 bits per heavy atom. The Labute approximate surface area is 105 Å². The molecule has 2 rings (SSSR count). The zero-order valence-corrected chi connectivity index (χ0v) is 11.5. The molecule has 0 aliphatic carbocycles. The van der Waals surface area contributed by atoms with E-state index < -0.39 is 0 Å². The number of nitrogens with zero attached hydrogens (tertiary/aromatic N) is 1. The maximum Gasteiger partial charge on any atom is 0.226 e. The van der Waals surface area contributed by atoms with E-state index in [1.165, 1.54) is 6.42 Å². The van der Waals surface area contributed by atoms with Crippen LogP contribution in [0.25, 0.3) is 0 Å². The van der Waals surface area contributed by atoms with E-state index in [1.807, 2.05) is 0 Å². The Kier molecular flexibility index (Phi) is 3.76. The molecular weight excluding hydrogens is 212 g/mol. The molecule has 2 aliphatic heterocycles. The number of amides is 1. The smallest absolute Gasteiger partial charge is 0.226 e. The van der Waals surface area contributed by atoms with Crippen LogP contribution >= 0.6 is 0 Å². The number of nitrogens with one attached hydrogen (secondary N) is 1. The molecule has 2 unspecified atom stereocenters. The molecule has 0 saturated carbocycles. The molecule has 0 spiro atoms. The van der Waals surface area contributed by atoms with Crippen LogP contribution in [0.5, 0.6) is 0 Å². The average Bonchev–Trinajstić information content (AvgIpc) is 2.27. The normalized spacial score (nSPS) is 33.5. The van der Waals surface area contributed by atoms with Crippen LogP contribution in [-0.2, 0) is 4.79 Å². The van der Waals surface area contributed by atoms with Gasteiger partial charge in [-0.05, 0) is 43.7 Å². The van der Waals surface area contributed by atoms with Crippen LogP contribution in [0.3, 0.4) is 0 Å². The van der Waals surface area contributed by atoms with Crippen molar-refractivity contribution in [3.8, 4) is 0 Å². The molecule has 1 N–H and O–H groups in total. The summed E-state index contributed by atoms with van der Waals surface area (Å²) in [6.45, 7) is 10.7. The molecule has 17 heavy (non-hydrogen) atoms. The molecule has 2 aliphatic rings. The molecule has 0 aromatic rings. The summed E-state index contributed by atoms with van der Waals surface area (Å²) in [5.74, 6) is 1.15. The van der Waals surface area contributed by atoms with Crippen molar-refractivity contribution < 1.29 is 4.79 Å². The number of piperidine rings is 2. The minimum atomic E-state index is 0.255. The summed E-state index contributed by atoms with van der Waals surface area (Å²) < 4.78 is 0. The summed E-state index contributed by atoms with van der Waals surface area (Å²) in [5.41, 5.74) is 0.310. The minimum absolute atomic E-state index is 0.255. The summed E-state index contributed by atoms with van der Waals surface area (Å²) in [6.07, 6.45) is 3.42.